The van der Waals surface area contributed by atoms with Gasteiger partial charge in [0.2, 0.25) is 18.4 Å². The zero-order valence-corrected chi connectivity index (χ0v) is 22.6. The maximum atomic E-state index is 13.5. The first-order valence-corrected chi connectivity index (χ1v) is 13.6. The summed E-state index contributed by atoms with van der Waals surface area (Å²) in [5.74, 6) is 0.182. The van der Waals surface area contributed by atoms with Crippen molar-refractivity contribution >= 4 is 11.9 Å². The number of hydrogen-bond acceptors (Lipinski definition) is 8. The van der Waals surface area contributed by atoms with Crippen LogP contribution in [0, 0.1) is 5.92 Å². The molecule has 4 rings (SSSR count). The van der Waals surface area contributed by atoms with Gasteiger partial charge in [0.15, 0.2) is 17.4 Å². The number of aromatic nitrogens is 1. The third kappa shape index (κ3) is 6.23. The van der Waals surface area contributed by atoms with Gasteiger partial charge in [-0.1, -0.05) is 26.7 Å². The van der Waals surface area contributed by atoms with Gasteiger partial charge in [-0.15, -0.1) is 0 Å². The number of oxazole rings is 1. The molecule has 0 bridgehead atoms. The quantitative estimate of drug-likeness (QED) is 0.389. The molecule has 2 aromatic rings. The van der Waals surface area contributed by atoms with E-state index >= 15 is 0 Å². The monoisotopic (exact) mass is 529 g/mol. The molecule has 0 aliphatic carbocycles. The molecule has 0 saturated carbocycles. The number of unbranched alkanes of at least 4 members (excludes halogenated alkanes) is 2. The molecule has 10 nitrogen and oxygen atoms in total. The molecule has 208 valence electrons. The SMILES string of the molecule is CCCCN(CCCC)C(=O)CN1CC(c2cc(OC)c3c(c2)OCO3)[C@H](C(=O)O)[C@H]1CCc1ncco1. The summed E-state index contributed by atoms with van der Waals surface area (Å²) in [6.45, 7) is 6.35. The molecular weight excluding hydrogens is 490 g/mol. The number of carboxylic acids is 1. The predicted molar refractivity (Wildman–Crippen MR) is 140 cm³/mol. The minimum Gasteiger partial charge on any atom is -0.493 e. The smallest absolute Gasteiger partial charge is 0.308 e. The number of likely N-dealkylation sites (tertiary alicyclic amines) is 1. The maximum Gasteiger partial charge on any atom is 0.308 e. The highest BCUT2D eigenvalue weighted by Gasteiger charge is 2.47. The fourth-order valence-corrected chi connectivity index (χ4v) is 5.53. The van der Waals surface area contributed by atoms with E-state index < -0.39 is 11.9 Å². The van der Waals surface area contributed by atoms with E-state index in [1.165, 1.54) is 6.26 Å². The largest absolute Gasteiger partial charge is 0.493 e. The summed E-state index contributed by atoms with van der Waals surface area (Å²) in [6, 6.07) is 3.31. The van der Waals surface area contributed by atoms with Gasteiger partial charge in [-0.3, -0.25) is 14.5 Å². The number of ether oxygens (including phenoxy) is 3. The molecule has 2 aliphatic heterocycles. The van der Waals surface area contributed by atoms with Crippen molar-refractivity contribution < 1.29 is 33.3 Å². The average Bonchev–Trinajstić information content (AvgIpc) is 3.67. The normalized spacial score (nSPS) is 20.6. The molecule has 1 amide bonds. The second-order valence-electron chi connectivity index (χ2n) is 9.98. The first-order chi connectivity index (χ1) is 18.5. The van der Waals surface area contributed by atoms with Crippen LogP contribution in [-0.2, 0) is 16.0 Å². The summed E-state index contributed by atoms with van der Waals surface area (Å²) >= 11 is 0. The lowest BCUT2D eigenvalue weighted by atomic mass is 9.83. The van der Waals surface area contributed by atoms with Crippen LogP contribution in [0.2, 0.25) is 0 Å². The van der Waals surface area contributed by atoms with Crippen LogP contribution in [0.3, 0.4) is 0 Å². The summed E-state index contributed by atoms with van der Waals surface area (Å²) in [7, 11) is 1.55. The standard InChI is InChI=1S/C28H39N3O7/c1-4-6-11-30(12-7-5-2)25(32)17-31-16-20(19-14-22(35-3)27-23(15-19)37-18-38-27)26(28(33)34)21(31)8-9-24-29-10-13-36-24/h10,13-15,20-21,26H,4-9,11-12,16-18H2,1-3H3,(H,33,34)/t20?,21-,26+/m1/s1. The van der Waals surface area contributed by atoms with Gasteiger partial charge >= 0.3 is 5.97 Å². The molecule has 38 heavy (non-hydrogen) atoms. The number of aryl methyl sites for hydroxylation is 1. The van der Waals surface area contributed by atoms with Gasteiger partial charge in [-0.05, 0) is 37.0 Å². The molecule has 1 saturated heterocycles. The highest BCUT2D eigenvalue weighted by molar-refractivity contribution is 5.79. The number of methoxy groups -OCH3 is 1. The van der Waals surface area contributed by atoms with E-state index in [-0.39, 0.29) is 31.2 Å². The van der Waals surface area contributed by atoms with Crippen molar-refractivity contribution in [1.29, 1.82) is 0 Å². The molecule has 1 N–H and O–H groups in total. The number of benzene rings is 1. The van der Waals surface area contributed by atoms with E-state index in [9.17, 15) is 14.7 Å². The number of fused-ring (bicyclic) bond motifs is 1. The van der Waals surface area contributed by atoms with Gasteiger partial charge < -0.3 is 28.6 Å². The van der Waals surface area contributed by atoms with Crippen molar-refractivity contribution in [3.05, 3.63) is 36.0 Å². The highest BCUT2D eigenvalue weighted by atomic mass is 16.7. The van der Waals surface area contributed by atoms with E-state index in [1.807, 2.05) is 21.9 Å². The lowest BCUT2D eigenvalue weighted by molar-refractivity contribution is -0.143. The zero-order chi connectivity index (χ0) is 27.1. The number of carboxylic acid groups (broad SMARTS) is 1. The first-order valence-electron chi connectivity index (χ1n) is 13.6. The van der Waals surface area contributed by atoms with Crippen LogP contribution in [0.4, 0.5) is 0 Å². The van der Waals surface area contributed by atoms with Crippen LogP contribution < -0.4 is 14.2 Å². The van der Waals surface area contributed by atoms with Crippen molar-refractivity contribution in [3.63, 3.8) is 0 Å². The van der Waals surface area contributed by atoms with E-state index in [0.29, 0.717) is 42.5 Å². The Hall–Kier alpha value is -3.27. The van der Waals surface area contributed by atoms with Crippen molar-refractivity contribution in [1.82, 2.24) is 14.8 Å². The summed E-state index contributed by atoms with van der Waals surface area (Å²) in [5, 5.41) is 10.4. The fourth-order valence-electron chi connectivity index (χ4n) is 5.53. The van der Waals surface area contributed by atoms with Crippen molar-refractivity contribution in [2.24, 2.45) is 5.92 Å². The van der Waals surface area contributed by atoms with Crippen molar-refractivity contribution in [3.8, 4) is 17.2 Å². The number of hydrogen-bond donors (Lipinski definition) is 1. The molecule has 1 unspecified atom stereocenters. The Labute approximate surface area is 223 Å². The minimum absolute atomic E-state index is 0.0427. The Balaban J connectivity index is 1.62. The highest BCUT2D eigenvalue weighted by Crippen LogP contribution is 2.47. The topological polar surface area (TPSA) is 115 Å². The third-order valence-electron chi connectivity index (χ3n) is 7.53. The lowest BCUT2D eigenvalue weighted by Crippen LogP contribution is -2.44. The van der Waals surface area contributed by atoms with Gasteiger partial charge in [0.1, 0.15) is 6.26 Å². The third-order valence-corrected chi connectivity index (χ3v) is 7.53. The van der Waals surface area contributed by atoms with E-state index in [2.05, 4.69) is 18.8 Å². The number of nitrogens with zero attached hydrogens (tertiary/aromatic N) is 3. The molecule has 1 fully saturated rings. The van der Waals surface area contributed by atoms with E-state index in [1.54, 1.807) is 13.3 Å². The number of carbonyl (C=O) groups excluding carboxylic acids is 1. The summed E-state index contributed by atoms with van der Waals surface area (Å²) in [6.07, 6.45) is 8.00. The van der Waals surface area contributed by atoms with Crippen LogP contribution >= 0.6 is 0 Å². The second kappa shape index (κ2) is 13.0. The molecule has 1 aromatic heterocycles. The molecular formula is C28H39N3O7. The summed E-state index contributed by atoms with van der Waals surface area (Å²) < 4.78 is 22.1. The summed E-state index contributed by atoms with van der Waals surface area (Å²) in [4.78, 5) is 34.4. The number of amides is 1. The van der Waals surface area contributed by atoms with Gasteiger partial charge in [0, 0.05) is 38.0 Å². The van der Waals surface area contributed by atoms with E-state index in [4.69, 9.17) is 18.6 Å². The molecule has 2 aliphatic rings. The van der Waals surface area contributed by atoms with Gasteiger partial charge in [0.25, 0.3) is 0 Å². The Bertz CT molecular complexity index is 1070. The first kappa shape index (κ1) is 27.8. The molecule has 0 radical (unpaired) electrons. The molecule has 3 heterocycles. The van der Waals surface area contributed by atoms with Crippen LogP contribution in [0.25, 0.3) is 0 Å². The van der Waals surface area contributed by atoms with Crippen LogP contribution in [0.15, 0.2) is 29.0 Å². The molecule has 10 heteroatoms. The second-order valence-corrected chi connectivity index (χ2v) is 9.98. The Morgan fingerprint density at radius 3 is 2.58 bits per heavy atom. The fraction of sp³-hybridized carbons (Fsp3) is 0.607. The minimum atomic E-state index is -0.896. The van der Waals surface area contributed by atoms with Crippen LogP contribution in [-0.4, -0.2) is 77.9 Å². The number of carbonyl (C=O) groups is 2. The Morgan fingerprint density at radius 2 is 1.95 bits per heavy atom. The van der Waals surface area contributed by atoms with Gasteiger partial charge in [-0.2, -0.15) is 0 Å². The van der Waals surface area contributed by atoms with E-state index in [0.717, 1.165) is 44.3 Å². The van der Waals surface area contributed by atoms with Crippen LogP contribution in [0.5, 0.6) is 17.2 Å². The average molecular weight is 530 g/mol. The van der Waals surface area contributed by atoms with Crippen LogP contribution in [0.1, 0.15) is 63.3 Å². The zero-order valence-electron chi connectivity index (χ0n) is 22.6. The number of aliphatic carboxylic acids is 1. The maximum absolute atomic E-state index is 13.5. The van der Waals surface area contributed by atoms with Crippen molar-refractivity contribution in [2.75, 3.05) is 40.1 Å². The number of rotatable bonds is 14. The Kier molecular flexibility index (Phi) is 9.49. The molecule has 1 aromatic carbocycles. The van der Waals surface area contributed by atoms with Crippen molar-refractivity contribution in [2.45, 2.75) is 64.3 Å². The van der Waals surface area contributed by atoms with Gasteiger partial charge in [-0.25, -0.2) is 4.98 Å². The Morgan fingerprint density at radius 1 is 1.18 bits per heavy atom. The molecule has 3 atom stereocenters. The van der Waals surface area contributed by atoms with Gasteiger partial charge in [0.05, 0.1) is 25.8 Å². The predicted octanol–water partition coefficient (Wildman–Crippen LogP) is 3.94. The lowest BCUT2D eigenvalue weighted by Gasteiger charge is -2.29. The summed E-state index contributed by atoms with van der Waals surface area (Å²) in [5.41, 5.74) is 0.795. The molecule has 0 spiro atoms.